The normalized spacial score (nSPS) is 16.1. The number of alkyl halides is 3. The summed E-state index contributed by atoms with van der Waals surface area (Å²) in [6, 6.07) is 1.51. The van der Waals surface area contributed by atoms with E-state index in [2.05, 4.69) is 10.3 Å². The molecule has 0 spiro atoms. The van der Waals surface area contributed by atoms with E-state index in [0.29, 0.717) is 11.3 Å². The molecule has 2 aromatic rings. The highest BCUT2D eigenvalue weighted by atomic mass is 35.5. The molecule has 1 saturated heterocycles. The molecule has 8 heteroatoms. The fraction of sp³-hybridized carbons (Fsp3) is 0.462. The van der Waals surface area contributed by atoms with Gasteiger partial charge in [-0.15, -0.1) is 12.4 Å². The number of hydrogen-bond donors (Lipinski definition) is 1. The van der Waals surface area contributed by atoms with Crippen molar-refractivity contribution in [3.8, 4) is 0 Å². The van der Waals surface area contributed by atoms with Crippen molar-refractivity contribution >= 4 is 29.1 Å². The summed E-state index contributed by atoms with van der Waals surface area (Å²) < 4.78 is 40.8. The van der Waals surface area contributed by atoms with Crippen molar-refractivity contribution in [3.63, 3.8) is 0 Å². The molecular formula is C13H16ClF3N4. The summed E-state index contributed by atoms with van der Waals surface area (Å²) in [5.41, 5.74) is -0.131. The molecule has 0 aromatic carbocycles. The summed E-state index contributed by atoms with van der Waals surface area (Å²) in [4.78, 5) is 6.11. The van der Waals surface area contributed by atoms with Crippen LogP contribution in [0.25, 0.3) is 10.9 Å². The molecule has 3 heterocycles. The smallest absolute Gasteiger partial charge is 0.352 e. The minimum absolute atomic E-state index is 0. The lowest BCUT2D eigenvalue weighted by molar-refractivity contribution is -0.136. The molecule has 4 nitrogen and oxygen atoms in total. The van der Waals surface area contributed by atoms with Gasteiger partial charge in [0.05, 0.1) is 11.1 Å². The van der Waals surface area contributed by atoms with Gasteiger partial charge in [0.25, 0.3) is 0 Å². The number of halogens is 4. The molecule has 0 amide bonds. The SMILES string of the molecule is Cl.Cn1ccc2c(C(F)(F)F)cnc(N3CCNCC3)c21. The average molecular weight is 321 g/mol. The van der Waals surface area contributed by atoms with E-state index in [0.717, 1.165) is 32.4 Å². The quantitative estimate of drug-likeness (QED) is 0.876. The Labute approximate surface area is 126 Å². The molecule has 0 unspecified atom stereocenters. The number of pyridine rings is 1. The van der Waals surface area contributed by atoms with Crippen molar-refractivity contribution < 1.29 is 13.2 Å². The maximum absolute atomic E-state index is 13.0. The molecule has 0 bridgehead atoms. The Morgan fingerprint density at radius 3 is 2.52 bits per heavy atom. The number of aryl methyl sites for hydroxylation is 1. The predicted octanol–water partition coefficient (Wildman–Crippen LogP) is 2.42. The average Bonchev–Trinajstić information content (AvgIpc) is 2.80. The Kier molecular flexibility index (Phi) is 4.34. The molecule has 0 atom stereocenters. The summed E-state index contributed by atoms with van der Waals surface area (Å²) in [6.07, 6.45) is -1.79. The molecule has 0 radical (unpaired) electrons. The number of fused-ring (bicyclic) bond motifs is 1. The van der Waals surface area contributed by atoms with E-state index in [4.69, 9.17) is 0 Å². The maximum atomic E-state index is 13.0. The highest BCUT2D eigenvalue weighted by Gasteiger charge is 2.34. The van der Waals surface area contributed by atoms with Gasteiger partial charge in [0.15, 0.2) is 5.82 Å². The standard InChI is InChI=1S/C13H15F3N4.ClH/c1-19-5-2-9-10(13(14,15)16)8-18-12(11(9)19)20-6-3-17-4-7-20;/h2,5,8,17H,3-4,6-7H2,1H3;1H. The number of hydrogen-bond acceptors (Lipinski definition) is 3. The lowest BCUT2D eigenvalue weighted by Gasteiger charge is -2.29. The molecule has 1 aliphatic rings. The van der Waals surface area contributed by atoms with Gasteiger partial charge in [-0.3, -0.25) is 0 Å². The summed E-state index contributed by atoms with van der Waals surface area (Å²) in [5.74, 6) is 0.627. The fourth-order valence-electron chi connectivity index (χ4n) is 2.62. The number of anilines is 1. The van der Waals surface area contributed by atoms with E-state index >= 15 is 0 Å². The van der Waals surface area contributed by atoms with Gasteiger partial charge in [-0.05, 0) is 6.07 Å². The van der Waals surface area contributed by atoms with Crippen LogP contribution < -0.4 is 10.2 Å². The van der Waals surface area contributed by atoms with E-state index in [1.807, 2.05) is 4.90 Å². The fourth-order valence-corrected chi connectivity index (χ4v) is 2.62. The van der Waals surface area contributed by atoms with Crippen molar-refractivity contribution in [2.24, 2.45) is 7.05 Å². The van der Waals surface area contributed by atoms with Crippen molar-refractivity contribution in [1.82, 2.24) is 14.9 Å². The first-order valence-electron chi connectivity index (χ1n) is 6.45. The van der Waals surface area contributed by atoms with Crippen LogP contribution in [-0.4, -0.2) is 35.7 Å². The minimum atomic E-state index is -4.38. The van der Waals surface area contributed by atoms with Crippen LogP contribution in [0.2, 0.25) is 0 Å². The van der Waals surface area contributed by atoms with E-state index in [1.165, 1.54) is 6.07 Å². The molecule has 3 rings (SSSR count). The van der Waals surface area contributed by atoms with E-state index < -0.39 is 11.7 Å². The largest absolute Gasteiger partial charge is 0.418 e. The van der Waals surface area contributed by atoms with Crippen molar-refractivity contribution in [2.45, 2.75) is 6.18 Å². The highest BCUT2D eigenvalue weighted by molar-refractivity contribution is 5.92. The number of nitrogens with one attached hydrogen (secondary N) is 1. The third-order valence-corrected chi connectivity index (χ3v) is 3.61. The van der Waals surface area contributed by atoms with Gasteiger partial charge in [-0.2, -0.15) is 13.2 Å². The summed E-state index contributed by atoms with van der Waals surface area (Å²) >= 11 is 0. The lowest BCUT2D eigenvalue weighted by atomic mass is 10.1. The van der Waals surface area contributed by atoms with Gasteiger partial charge < -0.3 is 14.8 Å². The molecule has 1 fully saturated rings. The van der Waals surface area contributed by atoms with Crippen LogP contribution in [0.5, 0.6) is 0 Å². The van der Waals surface area contributed by atoms with Crippen LogP contribution in [0, 0.1) is 0 Å². The highest BCUT2D eigenvalue weighted by Crippen LogP contribution is 2.37. The van der Waals surface area contributed by atoms with Crippen LogP contribution in [0.3, 0.4) is 0 Å². The molecule has 21 heavy (non-hydrogen) atoms. The third kappa shape index (κ3) is 2.80. The maximum Gasteiger partial charge on any atom is 0.418 e. The van der Waals surface area contributed by atoms with Crippen molar-refractivity contribution in [1.29, 1.82) is 0 Å². The van der Waals surface area contributed by atoms with Gasteiger partial charge in [0.1, 0.15) is 0 Å². The molecule has 0 saturated carbocycles. The van der Waals surface area contributed by atoms with Gasteiger partial charge in [-0.25, -0.2) is 4.98 Å². The van der Waals surface area contributed by atoms with Crippen LogP contribution in [0.15, 0.2) is 18.5 Å². The van der Waals surface area contributed by atoms with Crippen molar-refractivity contribution in [3.05, 3.63) is 24.0 Å². The molecule has 1 aliphatic heterocycles. The third-order valence-electron chi connectivity index (χ3n) is 3.61. The van der Waals surface area contributed by atoms with Crippen LogP contribution in [0.1, 0.15) is 5.56 Å². The number of piperazine rings is 1. The van der Waals surface area contributed by atoms with E-state index in [-0.39, 0.29) is 17.8 Å². The Morgan fingerprint density at radius 2 is 1.90 bits per heavy atom. The van der Waals surface area contributed by atoms with Crippen molar-refractivity contribution in [2.75, 3.05) is 31.1 Å². The lowest BCUT2D eigenvalue weighted by Crippen LogP contribution is -2.44. The first-order valence-corrected chi connectivity index (χ1v) is 6.45. The zero-order valence-corrected chi connectivity index (χ0v) is 12.3. The topological polar surface area (TPSA) is 33.1 Å². The van der Waals surface area contributed by atoms with E-state index in [1.54, 1.807) is 17.8 Å². The Bertz CT molecular complexity index is 632. The molecular weight excluding hydrogens is 305 g/mol. The number of rotatable bonds is 1. The molecule has 116 valence electrons. The molecule has 0 aliphatic carbocycles. The zero-order chi connectivity index (χ0) is 14.3. The Balaban J connectivity index is 0.00000161. The monoisotopic (exact) mass is 320 g/mol. The summed E-state index contributed by atoms with van der Waals surface area (Å²) in [6.45, 7) is 3.13. The zero-order valence-electron chi connectivity index (χ0n) is 11.4. The van der Waals surface area contributed by atoms with Gasteiger partial charge in [0, 0.05) is 51.0 Å². The van der Waals surface area contributed by atoms with Gasteiger partial charge in [-0.1, -0.05) is 0 Å². The van der Waals surface area contributed by atoms with Gasteiger partial charge in [0.2, 0.25) is 0 Å². The van der Waals surface area contributed by atoms with Crippen LogP contribution in [0.4, 0.5) is 19.0 Å². The van der Waals surface area contributed by atoms with E-state index in [9.17, 15) is 13.2 Å². The first-order chi connectivity index (χ1) is 9.48. The summed E-state index contributed by atoms with van der Waals surface area (Å²) in [7, 11) is 1.75. The Hall–Kier alpha value is -1.47. The molecule has 1 N–H and O–H groups in total. The Morgan fingerprint density at radius 1 is 1.24 bits per heavy atom. The van der Waals surface area contributed by atoms with Crippen LogP contribution in [-0.2, 0) is 13.2 Å². The first kappa shape index (κ1) is 15.9. The predicted molar refractivity (Wildman–Crippen MR) is 78.0 cm³/mol. The molecule has 2 aromatic heterocycles. The second kappa shape index (κ2) is 5.73. The number of nitrogens with zero attached hydrogens (tertiary/aromatic N) is 3. The summed E-state index contributed by atoms with van der Waals surface area (Å²) in [5, 5.41) is 3.43. The second-order valence-corrected chi connectivity index (χ2v) is 4.92. The number of aromatic nitrogens is 2. The second-order valence-electron chi connectivity index (χ2n) is 4.92. The van der Waals surface area contributed by atoms with Crippen LogP contribution >= 0.6 is 12.4 Å². The van der Waals surface area contributed by atoms with Gasteiger partial charge >= 0.3 is 6.18 Å². The minimum Gasteiger partial charge on any atom is -0.352 e.